The van der Waals surface area contributed by atoms with E-state index in [0.29, 0.717) is 19.3 Å². The van der Waals surface area contributed by atoms with Gasteiger partial charge in [0.2, 0.25) is 5.91 Å². The lowest BCUT2D eigenvalue weighted by molar-refractivity contribution is -0.151. The molecule has 0 saturated carbocycles. The second kappa shape index (κ2) is 44.2. The first-order chi connectivity index (χ1) is 27.5. The van der Waals surface area contributed by atoms with E-state index >= 15 is 0 Å². The Kier molecular flexibility index (Phi) is 42.7. The Labute approximate surface area is 347 Å². The molecule has 56 heavy (non-hydrogen) atoms. The fourth-order valence-electron chi connectivity index (χ4n) is 7.26. The Morgan fingerprint density at radius 1 is 0.518 bits per heavy atom. The summed E-state index contributed by atoms with van der Waals surface area (Å²) < 4.78 is 5.90. The third-order valence-electron chi connectivity index (χ3n) is 11.0. The van der Waals surface area contributed by atoms with Gasteiger partial charge in [-0.3, -0.25) is 9.59 Å². The van der Waals surface area contributed by atoms with E-state index in [-0.39, 0.29) is 24.9 Å². The number of carbonyl (C=O) groups excluding carboxylic acids is 2. The summed E-state index contributed by atoms with van der Waals surface area (Å²) in [6.45, 7) is 6.42. The molecule has 0 bridgehead atoms. The van der Waals surface area contributed by atoms with Gasteiger partial charge in [0.15, 0.2) is 0 Å². The molecule has 0 aromatic carbocycles. The van der Waals surface area contributed by atoms with Crippen LogP contribution in [0.1, 0.15) is 245 Å². The van der Waals surface area contributed by atoms with Crippen molar-refractivity contribution >= 4 is 11.9 Å². The molecule has 0 fully saturated rings. The maximum absolute atomic E-state index is 13.1. The number of amides is 1. The molecule has 3 unspecified atom stereocenters. The fraction of sp³-hybridized carbons (Fsp3) is 0.840. The van der Waals surface area contributed by atoms with E-state index in [1.54, 1.807) is 0 Å². The number of unbranched alkanes of at least 4 members (excludes halogenated alkanes) is 25. The number of hydrogen-bond acceptors (Lipinski definition) is 5. The summed E-state index contributed by atoms with van der Waals surface area (Å²) in [7, 11) is 0. The first-order valence-corrected chi connectivity index (χ1v) is 24.2. The van der Waals surface area contributed by atoms with Gasteiger partial charge in [0.25, 0.3) is 0 Å². The van der Waals surface area contributed by atoms with Crippen LogP contribution in [-0.2, 0) is 14.3 Å². The normalized spacial score (nSPS) is 13.6. The van der Waals surface area contributed by atoms with E-state index in [4.69, 9.17) is 4.74 Å². The summed E-state index contributed by atoms with van der Waals surface area (Å²) in [6.07, 6.45) is 50.6. The van der Waals surface area contributed by atoms with Crippen molar-refractivity contribution in [3.05, 3.63) is 36.5 Å². The minimum Gasteiger partial charge on any atom is -0.462 e. The van der Waals surface area contributed by atoms with E-state index in [1.807, 2.05) is 0 Å². The molecule has 0 radical (unpaired) electrons. The second-order valence-corrected chi connectivity index (χ2v) is 16.5. The van der Waals surface area contributed by atoms with Gasteiger partial charge in [-0.15, -0.1) is 0 Å². The molecule has 0 aromatic rings. The number of hydrogen-bond donors (Lipinski definition) is 3. The Bertz CT molecular complexity index is 930. The molecule has 6 heteroatoms. The lowest BCUT2D eigenvalue weighted by Crippen LogP contribution is -2.46. The average molecular weight is 788 g/mol. The summed E-state index contributed by atoms with van der Waals surface area (Å²) in [5, 5.41) is 23.6. The number of aliphatic hydroxyl groups is 2. The molecule has 0 spiro atoms. The van der Waals surface area contributed by atoms with Crippen LogP contribution in [0.25, 0.3) is 0 Å². The zero-order valence-electron chi connectivity index (χ0n) is 37.3. The van der Waals surface area contributed by atoms with E-state index in [1.165, 1.54) is 128 Å². The minimum atomic E-state index is -0.793. The zero-order valence-corrected chi connectivity index (χ0v) is 37.3. The molecule has 3 N–H and O–H groups in total. The van der Waals surface area contributed by atoms with Gasteiger partial charge in [0.1, 0.15) is 6.10 Å². The van der Waals surface area contributed by atoms with Gasteiger partial charge in [-0.25, -0.2) is 0 Å². The Morgan fingerprint density at radius 2 is 0.911 bits per heavy atom. The van der Waals surface area contributed by atoms with Gasteiger partial charge in [-0.05, 0) is 64.2 Å². The first-order valence-electron chi connectivity index (χ1n) is 24.2. The van der Waals surface area contributed by atoms with E-state index in [9.17, 15) is 19.8 Å². The van der Waals surface area contributed by atoms with Crippen LogP contribution >= 0.6 is 0 Å². The van der Waals surface area contributed by atoms with Crippen molar-refractivity contribution in [1.29, 1.82) is 0 Å². The van der Waals surface area contributed by atoms with Crippen LogP contribution in [0.15, 0.2) is 36.5 Å². The molecule has 0 aromatic heterocycles. The van der Waals surface area contributed by atoms with E-state index in [0.717, 1.165) is 70.6 Å². The third kappa shape index (κ3) is 38.9. The molecule has 0 saturated heterocycles. The third-order valence-corrected chi connectivity index (χ3v) is 11.0. The van der Waals surface area contributed by atoms with Crippen molar-refractivity contribution in [2.45, 2.75) is 264 Å². The van der Waals surface area contributed by atoms with Gasteiger partial charge in [-0.1, -0.05) is 205 Å². The smallest absolute Gasteiger partial charge is 0.306 e. The average Bonchev–Trinajstić information content (AvgIpc) is 3.19. The molecular weight excluding hydrogens is 695 g/mol. The topological polar surface area (TPSA) is 95.9 Å². The molecule has 3 atom stereocenters. The number of rotatable bonds is 43. The molecule has 0 heterocycles. The monoisotopic (exact) mass is 788 g/mol. The summed E-state index contributed by atoms with van der Waals surface area (Å²) in [5.74, 6) is -0.506. The highest BCUT2D eigenvalue weighted by Crippen LogP contribution is 2.17. The minimum absolute atomic E-state index is 0.0548. The molecule has 0 aliphatic carbocycles. The molecule has 0 aliphatic heterocycles. The predicted molar refractivity (Wildman–Crippen MR) is 241 cm³/mol. The predicted octanol–water partition coefficient (Wildman–Crippen LogP) is 14.1. The van der Waals surface area contributed by atoms with Gasteiger partial charge < -0.3 is 20.3 Å². The van der Waals surface area contributed by atoms with Crippen LogP contribution < -0.4 is 5.32 Å². The Hall–Kier alpha value is -1.92. The van der Waals surface area contributed by atoms with E-state index in [2.05, 4.69) is 62.5 Å². The van der Waals surface area contributed by atoms with Crippen molar-refractivity contribution in [2.24, 2.45) is 0 Å². The summed E-state index contributed by atoms with van der Waals surface area (Å²) in [5.41, 5.74) is 0. The maximum atomic E-state index is 13.1. The van der Waals surface area contributed by atoms with Crippen molar-refractivity contribution in [3.8, 4) is 0 Å². The highest BCUT2D eigenvalue weighted by atomic mass is 16.5. The summed E-state index contributed by atoms with van der Waals surface area (Å²) in [4.78, 5) is 26.0. The molecule has 328 valence electrons. The number of carbonyl (C=O) groups is 2. The number of ether oxygens (including phenoxy) is 1. The lowest BCUT2D eigenvalue weighted by Gasteiger charge is -2.24. The van der Waals surface area contributed by atoms with Crippen molar-refractivity contribution in [2.75, 3.05) is 6.61 Å². The highest BCUT2D eigenvalue weighted by molar-refractivity contribution is 5.77. The number of allylic oxidation sites excluding steroid dienone is 6. The summed E-state index contributed by atoms with van der Waals surface area (Å²) in [6, 6.07) is -0.709. The molecule has 0 rings (SSSR count). The summed E-state index contributed by atoms with van der Waals surface area (Å²) >= 11 is 0. The van der Waals surface area contributed by atoms with Crippen molar-refractivity contribution < 1.29 is 24.5 Å². The first kappa shape index (κ1) is 54.1. The number of nitrogens with one attached hydrogen (secondary N) is 1. The molecule has 6 nitrogen and oxygen atoms in total. The molecule has 1 amide bonds. The fourth-order valence-corrected chi connectivity index (χ4v) is 7.26. The van der Waals surface area contributed by atoms with Crippen LogP contribution in [0.3, 0.4) is 0 Å². The van der Waals surface area contributed by atoms with E-state index < -0.39 is 18.2 Å². The van der Waals surface area contributed by atoms with Crippen molar-refractivity contribution in [1.82, 2.24) is 5.32 Å². The molecular formula is C50H93NO5. The van der Waals surface area contributed by atoms with Gasteiger partial charge >= 0.3 is 5.97 Å². The van der Waals surface area contributed by atoms with Crippen LogP contribution in [0.4, 0.5) is 0 Å². The SMILES string of the molecule is CCCCC/C=C\C/C=C\C/C=C\CCCCC(CC(=O)NC(CO)C(O)CCCCCCCCCCC)OC(=O)CCCCCCCCCCCCCCC. The van der Waals surface area contributed by atoms with Gasteiger partial charge in [-0.2, -0.15) is 0 Å². The Morgan fingerprint density at radius 3 is 1.39 bits per heavy atom. The quantitative estimate of drug-likeness (QED) is 0.0325. The van der Waals surface area contributed by atoms with Crippen LogP contribution in [-0.4, -0.2) is 46.9 Å². The van der Waals surface area contributed by atoms with Crippen molar-refractivity contribution in [3.63, 3.8) is 0 Å². The standard InChI is InChI=1S/C50H93NO5/c1-4-7-10-13-16-19-21-23-24-26-27-30-32-35-38-41-46(56-50(55)43-40-37-34-31-28-25-22-20-17-14-11-8-5-2)44-49(54)51-47(45-52)48(53)42-39-36-33-29-18-15-12-9-6-3/h16,19,23-24,27,30,46-48,52-53H,4-15,17-18,20-22,25-26,28-29,31-45H2,1-3H3,(H,51,54)/b19-16-,24-23-,30-27-. The largest absolute Gasteiger partial charge is 0.462 e. The second-order valence-electron chi connectivity index (χ2n) is 16.5. The Balaban J connectivity index is 4.66. The van der Waals surface area contributed by atoms with Gasteiger partial charge in [0.05, 0.1) is 25.2 Å². The zero-order chi connectivity index (χ0) is 41.0. The van der Waals surface area contributed by atoms with Gasteiger partial charge in [0, 0.05) is 6.42 Å². The van der Waals surface area contributed by atoms with Crippen LogP contribution in [0.2, 0.25) is 0 Å². The number of esters is 1. The lowest BCUT2D eigenvalue weighted by atomic mass is 10.0. The maximum Gasteiger partial charge on any atom is 0.306 e. The van der Waals surface area contributed by atoms with Crippen LogP contribution in [0.5, 0.6) is 0 Å². The highest BCUT2D eigenvalue weighted by Gasteiger charge is 2.24. The molecule has 0 aliphatic rings. The number of aliphatic hydroxyl groups excluding tert-OH is 2. The van der Waals surface area contributed by atoms with Crippen LogP contribution in [0, 0.1) is 0 Å².